The maximum absolute atomic E-state index is 12.9. The number of unbranched alkanes of at least 4 members (excludes halogenated alkanes) is 1. The number of benzene rings is 1. The molecule has 1 heterocycles. The summed E-state index contributed by atoms with van der Waals surface area (Å²) < 4.78 is 31.8. The molecule has 1 aliphatic carbocycles. The molecule has 9 heteroatoms. The number of carbonyl (C=O) groups excluding carboxylic acids is 2. The molecule has 3 N–H and O–H groups in total. The van der Waals surface area contributed by atoms with Gasteiger partial charge in [0.2, 0.25) is 0 Å². The topological polar surface area (TPSA) is 105 Å². The van der Waals surface area contributed by atoms with Gasteiger partial charge in [0.15, 0.2) is 5.78 Å². The molecule has 0 radical (unpaired) electrons. The third-order valence-electron chi connectivity index (χ3n) is 7.69. The van der Waals surface area contributed by atoms with E-state index in [1.165, 1.54) is 43.1 Å². The van der Waals surface area contributed by atoms with Crippen molar-refractivity contribution in [1.29, 1.82) is 0 Å². The minimum atomic E-state index is -2.83. The molecule has 1 unspecified atom stereocenters. The minimum absolute atomic E-state index is 0.0353. The summed E-state index contributed by atoms with van der Waals surface area (Å²) in [7, 11) is 0. The number of alkyl halides is 2. The molecule has 41 heavy (non-hydrogen) atoms. The van der Waals surface area contributed by atoms with Gasteiger partial charge in [-0.1, -0.05) is 51.3 Å². The highest BCUT2D eigenvalue weighted by atomic mass is 19.3. The lowest BCUT2D eigenvalue weighted by atomic mass is 9.89. The van der Waals surface area contributed by atoms with Gasteiger partial charge < -0.3 is 20.5 Å². The van der Waals surface area contributed by atoms with Crippen molar-refractivity contribution in [3.05, 3.63) is 41.1 Å². The lowest BCUT2D eigenvalue weighted by Crippen LogP contribution is -2.51. The number of carbonyl (C=O) groups is 2. The van der Waals surface area contributed by atoms with Crippen molar-refractivity contribution in [2.75, 3.05) is 19.6 Å². The molecule has 2 aliphatic rings. The van der Waals surface area contributed by atoms with Crippen molar-refractivity contribution >= 4 is 17.4 Å². The van der Waals surface area contributed by atoms with Crippen LogP contribution in [-0.4, -0.2) is 65.2 Å². The second-order valence-corrected chi connectivity index (χ2v) is 11.2. The number of nitrogens with zero attached hydrogens (tertiary/aromatic N) is 2. The van der Waals surface area contributed by atoms with Gasteiger partial charge in [-0.2, -0.15) is 0 Å². The predicted molar refractivity (Wildman–Crippen MR) is 159 cm³/mol. The Labute approximate surface area is 244 Å². The number of ketones is 1. The summed E-state index contributed by atoms with van der Waals surface area (Å²) in [5.74, 6) is 0.574. The highest BCUT2D eigenvalue weighted by molar-refractivity contribution is 6.08. The van der Waals surface area contributed by atoms with Crippen LogP contribution in [0.15, 0.2) is 40.5 Å². The maximum Gasteiger partial charge on any atom is 0.270 e. The van der Waals surface area contributed by atoms with Gasteiger partial charge >= 0.3 is 0 Å². The summed E-state index contributed by atoms with van der Waals surface area (Å²) in [5.41, 5.74) is 6.69. The van der Waals surface area contributed by atoms with Crippen LogP contribution in [0.4, 0.5) is 8.78 Å². The smallest absolute Gasteiger partial charge is 0.270 e. The zero-order chi connectivity index (χ0) is 30.4. The molecule has 0 spiro atoms. The van der Waals surface area contributed by atoms with Gasteiger partial charge in [0, 0.05) is 24.4 Å². The highest BCUT2D eigenvalue weighted by Gasteiger charge is 2.42. The van der Waals surface area contributed by atoms with Crippen LogP contribution in [0.25, 0.3) is 0 Å². The highest BCUT2D eigenvalue weighted by Crippen LogP contribution is 2.30. The van der Waals surface area contributed by atoms with Gasteiger partial charge in [0.1, 0.15) is 17.0 Å². The molecule has 7 nitrogen and oxygen atoms in total. The van der Waals surface area contributed by atoms with Gasteiger partial charge in [-0.05, 0) is 76.8 Å². The Bertz CT molecular complexity index is 1050. The summed E-state index contributed by atoms with van der Waals surface area (Å²) in [4.78, 5) is 29.4. The number of piperidine rings is 1. The first-order valence-corrected chi connectivity index (χ1v) is 15.1. The van der Waals surface area contributed by atoms with Crippen LogP contribution in [0.2, 0.25) is 0 Å². The first kappa shape index (κ1) is 34.4. The molecule has 1 saturated heterocycles. The number of halogens is 2. The van der Waals surface area contributed by atoms with Crippen LogP contribution in [0.5, 0.6) is 5.75 Å². The Morgan fingerprint density at radius 2 is 1.76 bits per heavy atom. The normalized spacial score (nSPS) is 19.8. The Balaban J connectivity index is 0.000000317. The van der Waals surface area contributed by atoms with E-state index in [2.05, 4.69) is 44.0 Å². The summed E-state index contributed by atoms with van der Waals surface area (Å²) in [5, 5.41) is 9.82. The monoisotopic (exact) mass is 577 g/mol. The molecule has 1 atom stereocenters. The standard InChI is InChI=1S/C17H25F2N3O3.C15H24O/c1-11(23)10-21-13-5-3-2-4-12(13)14(20)15(24)22-8-6-17(25,7-9-22)16(18)19;1-4-6-11-14(9-5-2)16-15-12-8-7-10-13(15)3/h16,25H,2-10,20H2,1H3;7-8,10,12,14H,4-6,9,11H2,1-3H3/b14-12-,21-13?;. The van der Waals surface area contributed by atoms with E-state index in [0.717, 1.165) is 25.0 Å². The molecular formula is C32H49F2N3O4. The summed E-state index contributed by atoms with van der Waals surface area (Å²) in [6.07, 6.45) is 6.34. The lowest BCUT2D eigenvalue weighted by Gasteiger charge is -2.37. The number of Topliss-reactive ketones (excluding diaryl/α,β-unsaturated/α-hetero) is 1. The van der Waals surface area contributed by atoms with E-state index in [1.807, 2.05) is 6.07 Å². The minimum Gasteiger partial charge on any atom is -0.490 e. The summed E-state index contributed by atoms with van der Waals surface area (Å²) in [6, 6.07) is 8.29. The van der Waals surface area contributed by atoms with E-state index < -0.39 is 17.9 Å². The maximum atomic E-state index is 12.9. The number of aliphatic hydroxyl groups is 1. The predicted octanol–water partition coefficient (Wildman–Crippen LogP) is 6.15. The van der Waals surface area contributed by atoms with Crippen LogP contribution in [0, 0.1) is 6.92 Å². The fourth-order valence-corrected chi connectivity index (χ4v) is 5.06. The molecule has 0 aromatic heterocycles. The third kappa shape index (κ3) is 10.8. The molecule has 1 aliphatic heterocycles. The number of hydrogen-bond acceptors (Lipinski definition) is 6. The zero-order valence-corrected chi connectivity index (χ0v) is 25.3. The average molecular weight is 578 g/mol. The van der Waals surface area contributed by atoms with Crippen LogP contribution < -0.4 is 10.5 Å². The van der Waals surface area contributed by atoms with E-state index in [1.54, 1.807) is 0 Å². The fraction of sp³-hybridized carbons (Fsp3) is 0.656. The number of amides is 1. The Hall–Kier alpha value is -2.81. The van der Waals surface area contributed by atoms with Crippen LogP contribution >= 0.6 is 0 Å². The van der Waals surface area contributed by atoms with Gasteiger partial charge in [-0.3, -0.25) is 14.6 Å². The summed E-state index contributed by atoms with van der Waals surface area (Å²) >= 11 is 0. The molecule has 1 aromatic rings. The number of para-hydroxylation sites is 1. The molecule has 1 aromatic carbocycles. The van der Waals surface area contributed by atoms with E-state index >= 15 is 0 Å². The van der Waals surface area contributed by atoms with Crippen molar-refractivity contribution < 1.29 is 28.2 Å². The van der Waals surface area contributed by atoms with Crippen LogP contribution in [0.3, 0.4) is 0 Å². The Morgan fingerprint density at radius 1 is 1.10 bits per heavy atom. The number of likely N-dealkylation sites (tertiary alicyclic amines) is 1. The van der Waals surface area contributed by atoms with Gasteiger partial charge in [0.25, 0.3) is 12.3 Å². The second kappa shape index (κ2) is 17.2. The zero-order valence-electron chi connectivity index (χ0n) is 25.3. The number of ether oxygens (including phenoxy) is 1. The molecule has 230 valence electrons. The first-order chi connectivity index (χ1) is 19.5. The third-order valence-corrected chi connectivity index (χ3v) is 7.69. The SMILES string of the molecule is CC(=O)CN=C1CCCC/C1=C(/N)C(=O)N1CCC(O)(C(F)F)CC1.CCCCC(CCC)Oc1ccccc1C. The molecular weight excluding hydrogens is 528 g/mol. The summed E-state index contributed by atoms with van der Waals surface area (Å²) in [6.45, 7) is 8.14. The number of aryl methyl sites for hydroxylation is 1. The van der Waals surface area contributed by atoms with Crippen LogP contribution in [0.1, 0.15) is 97.0 Å². The lowest BCUT2D eigenvalue weighted by molar-refractivity contribution is -0.144. The largest absolute Gasteiger partial charge is 0.490 e. The fourth-order valence-electron chi connectivity index (χ4n) is 5.06. The number of allylic oxidation sites excluding steroid dienone is 1. The Morgan fingerprint density at radius 3 is 2.34 bits per heavy atom. The van der Waals surface area contributed by atoms with E-state index in [0.29, 0.717) is 30.2 Å². The number of nitrogens with two attached hydrogens (primary N) is 1. The molecule has 2 fully saturated rings. The molecule has 1 amide bonds. The van der Waals surface area contributed by atoms with Crippen molar-refractivity contribution in [2.45, 2.75) is 116 Å². The van der Waals surface area contributed by atoms with Crippen molar-refractivity contribution in [3.8, 4) is 5.75 Å². The average Bonchev–Trinajstić information content (AvgIpc) is 2.96. The van der Waals surface area contributed by atoms with Crippen molar-refractivity contribution in [3.63, 3.8) is 0 Å². The van der Waals surface area contributed by atoms with Crippen molar-refractivity contribution in [1.82, 2.24) is 4.90 Å². The van der Waals surface area contributed by atoms with Gasteiger partial charge in [-0.15, -0.1) is 0 Å². The Kier molecular flexibility index (Phi) is 14.4. The second-order valence-electron chi connectivity index (χ2n) is 11.2. The first-order valence-electron chi connectivity index (χ1n) is 15.1. The van der Waals surface area contributed by atoms with Gasteiger partial charge in [0.05, 0.1) is 12.6 Å². The van der Waals surface area contributed by atoms with E-state index in [-0.39, 0.29) is 44.0 Å². The molecule has 3 rings (SSSR count). The molecule has 0 bridgehead atoms. The van der Waals surface area contributed by atoms with E-state index in [4.69, 9.17) is 10.5 Å². The quantitative estimate of drug-likeness (QED) is 0.307. The number of aliphatic imine (C=N–C) groups is 1. The number of rotatable bonds is 11. The van der Waals surface area contributed by atoms with Crippen LogP contribution in [-0.2, 0) is 9.59 Å². The van der Waals surface area contributed by atoms with Gasteiger partial charge in [-0.25, -0.2) is 8.78 Å². The number of hydrogen-bond donors (Lipinski definition) is 2. The van der Waals surface area contributed by atoms with E-state index in [9.17, 15) is 23.5 Å². The van der Waals surface area contributed by atoms with Crippen molar-refractivity contribution in [2.24, 2.45) is 10.7 Å². The molecule has 1 saturated carbocycles.